The van der Waals surface area contributed by atoms with Crippen molar-refractivity contribution in [1.82, 2.24) is 0 Å². The number of nitrogens with one attached hydrogen (secondary N) is 1. The Kier molecular flexibility index (Phi) is 4.80. The summed E-state index contributed by atoms with van der Waals surface area (Å²) in [5, 5.41) is 20.4. The molecule has 0 aliphatic carbocycles. The fraction of sp³-hybridized carbons (Fsp3) is 0. The van der Waals surface area contributed by atoms with Crippen molar-refractivity contribution in [3.8, 4) is 5.75 Å². The highest BCUT2D eigenvalue weighted by atomic mass is 32.2. The summed E-state index contributed by atoms with van der Waals surface area (Å²) in [6, 6.07) is 11.5. The molecule has 2 rings (SSSR count). The maximum atomic E-state index is 12.2. The van der Waals surface area contributed by atoms with Crippen LogP contribution in [-0.4, -0.2) is 15.1 Å². The number of nitro groups is 1. The predicted octanol–water partition coefficient (Wildman–Crippen LogP) is 3.84. The molecule has 112 valence electrons. The molecule has 0 saturated heterocycles. The number of phenolic OH excluding ortho intramolecular Hbond substituents is 1. The number of nitro benzene ring substituents is 1. The molecule has 0 unspecified atom stereocenters. The first kappa shape index (κ1) is 15.6. The Labute approximate surface area is 130 Å². The van der Waals surface area contributed by atoms with Crippen LogP contribution in [0.15, 0.2) is 49.0 Å². The van der Waals surface area contributed by atoms with Gasteiger partial charge in [0.15, 0.2) is 5.56 Å². The number of para-hydroxylation sites is 1. The summed E-state index contributed by atoms with van der Waals surface area (Å²) in [4.78, 5) is 22.7. The van der Waals surface area contributed by atoms with Crippen molar-refractivity contribution in [2.45, 2.75) is 0 Å². The molecule has 22 heavy (non-hydrogen) atoms. The molecule has 0 aromatic heterocycles. The van der Waals surface area contributed by atoms with Gasteiger partial charge in [0.25, 0.3) is 5.69 Å². The van der Waals surface area contributed by atoms with Gasteiger partial charge in [-0.2, -0.15) is 0 Å². The first-order valence-corrected chi connectivity index (χ1v) is 7.01. The molecule has 6 nitrogen and oxygen atoms in total. The van der Waals surface area contributed by atoms with E-state index in [0.29, 0.717) is 17.6 Å². The minimum absolute atomic E-state index is 0.173. The highest BCUT2D eigenvalue weighted by Crippen LogP contribution is 2.35. The lowest BCUT2D eigenvalue weighted by Crippen LogP contribution is -2.05. The van der Waals surface area contributed by atoms with Gasteiger partial charge in [0.1, 0.15) is 5.75 Å². The number of anilines is 1. The summed E-state index contributed by atoms with van der Waals surface area (Å²) in [6.07, 6.45) is 1.27. The smallest absolute Gasteiger partial charge is 0.292 e. The van der Waals surface area contributed by atoms with E-state index in [-0.39, 0.29) is 11.1 Å². The monoisotopic (exact) mass is 316 g/mol. The summed E-state index contributed by atoms with van der Waals surface area (Å²) in [7, 11) is 0. The molecule has 7 heteroatoms. The van der Waals surface area contributed by atoms with Crippen LogP contribution < -0.4 is 4.72 Å². The molecule has 0 heterocycles. The zero-order chi connectivity index (χ0) is 16.1. The third-order valence-corrected chi connectivity index (χ3v) is 3.56. The highest BCUT2D eigenvalue weighted by Gasteiger charge is 2.27. The van der Waals surface area contributed by atoms with Crippen molar-refractivity contribution in [2.24, 2.45) is 0 Å². The van der Waals surface area contributed by atoms with Gasteiger partial charge in [-0.3, -0.25) is 14.9 Å². The van der Waals surface area contributed by atoms with Crippen LogP contribution in [0.2, 0.25) is 0 Å². The van der Waals surface area contributed by atoms with E-state index in [1.165, 1.54) is 18.2 Å². The largest absolute Gasteiger partial charge is 0.507 e. The van der Waals surface area contributed by atoms with Gasteiger partial charge >= 0.3 is 0 Å². The molecule has 0 amide bonds. The van der Waals surface area contributed by atoms with Crippen molar-refractivity contribution in [1.29, 1.82) is 0 Å². The molecule has 0 fully saturated rings. The SMILES string of the molecule is C=Cc1ccc(O)c(C(=O)SNc2ccccc2)c1[N+](=O)[O-]. The van der Waals surface area contributed by atoms with Gasteiger partial charge in [0, 0.05) is 17.6 Å². The second-order valence-electron chi connectivity index (χ2n) is 4.22. The third-order valence-electron chi connectivity index (χ3n) is 2.83. The molecule has 0 atom stereocenters. The molecular formula is C15H12N2O4S. The van der Waals surface area contributed by atoms with E-state index in [9.17, 15) is 20.0 Å². The normalized spacial score (nSPS) is 10.0. The summed E-state index contributed by atoms with van der Waals surface area (Å²) in [6.45, 7) is 3.48. The number of carbonyl (C=O) groups is 1. The van der Waals surface area contributed by atoms with E-state index in [4.69, 9.17) is 0 Å². The van der Waals surface area contributed by atoms with Gasteiger partial charge in [-0.15, -0.1) is 0 Å². The molecule has 0 bridgehead atoms. The van der Waals surface area contributed by atoms with Crippen LogP contribution in [-0.2, 0) is 0 Å². The van der Waals surface area contributed by atoms with Crippen LogP contribution in [0.1, 0.15) is 15.9 Å². The summed E-state index contributed by atoms with van der Waals surface area (Å²) in [5.74, 6) is -0.440. The first-order chi connectivity index (χ1) is 10.5. The van der Waals surface area contributed by atoms with Gasteiger partial charge in [-0.25, -0.2) is 0 Å². The first-order valence-electron chi connectivity index (χ1n) is 6.19. The molecule has 2 aromatic rings. The topological polar surface area (TPSA) is 92.5 Å². The molecule has 0 aliphatic heterocycles. The number of phenols is 1. The van der Waals surface area contributed by atoms with Crippen molar-refractivity contribution < 1.29 is 14.8 Å². The average molecular weight is 316 g/mol. The molecular weight excluding hydrogens is 304 g/mol. The molecule has 0 radical (unpaired) electrons. The van der Waals surface area contributed by atoms with E-state index in [1.54, 1.807) is 24.3 Å². The van der Waals surface area contributed by atoms with Gasteiger partial charge in [0.2, 0.25) is 5.12 Å². The number of hydrogen-bond acceptors (Lipinski definition) is 6. The van der Waals surface area contributed by atoms with Gasteiger partial charge in [-0.1, -0.05) is 30.9 Å². The van der Waals surface area contributed by atoms with Crippen molar-refractivity contribution >= 4 is 34.5 Å². The molecule has 0 spiro atoms. The lowest BCUT2D eigenvalue weighted by atomic mass is 10.1. The summed E-state index contributed by atoms with van der Waals surface area (Å²) in [5.41, 5.74) is 0.0347. The molecule has 0 aliphatic rings. The van der Waals surface area contributed by atoms with E-state index < -0.39 is 21.5 Å². The van der Waals surface area contributed by atoms with E-state index in [1.807, 2.05) is 6.07 Å². The number of benzene rings is 2. The third kappa shape index (κ3) is 3.26. The minimum Gasteiger partial charge on any atom is -0.507 e. The fourth-order valence-electron chi connectivity index (χ4n) is 1.82. The molecule has 0 saturated carbocycles. The van der Waals surface area contributed by atoms with Crippen molar-refractivity contribution in [3.05, 3.63) is 70.3 Å². The maximum absolute atomic E-state index is 12.2. The second-order valence-corrected chi connectivity index (χ2v) is 5.00. The maximum Gasteiger partial charge on any atom is 0.292 e. The van der Waals surface area contributed by atoms with Crippen LogP contribution in [0.3, 0.4) is 0 Å². The quantitative estimate of drug-likeness (QED) is 0.494. The van der Waals surface area contributed by atoms with Gasteiger partial charge in [0.05, 0.1) is 10.5 Å². The van der Waals surface area contributed by atoms with Crippen molar-refractivity contribution in [3.63, 3.8) is 0 Å². The Bertz CT molecular complexity index is 732. The molecule has 2 aromatic carbocycles. The highest BCUT2D eigenvalue weighted by molar-refractivity contribution is 8.15. The fourth-order valence-corrected chi connectivity index (χ4v) is 2.47. The van der Waals surface area contributed by atoms with Gasteiger partial charge < -0.3 is 9.83 Å². The van der Waals surface area contributed by atoms with E-state index in [0.717, 1.165) is 0 Å². The average Bonchev–Trinajstić information content (AvgIpc) is 2.53. The number of rotatable bonds is 5. The zero-order valence-corrected chi connectivity index (χ0v) is 12.2. The van der Waals surface area contributed by atoms with Crippen LogP contribution >= 0.6 is 11.9 Å². The number of nitrogens with zero attached hydrogens (tertiary/aromatic N) is 1. The Morgan fingerprint density at radius 1 is 1.27 bits per heavy atom. The Morgan fingerprint density at radius 3 is 2.55 bits per heavy atom. The predicted molar refractivity (Wildman–Crippen MR) is 86.8 cm³/mol. The lowest BCUT2D eigenvalue weighted by Gasteiger charge is -2.08. The van der Waals surface area contributed by atoms with Crippen molar-refractivity contribution in [2.75, 3.05) is 4.72 Å². The standard InChI is InChI=1S/C15H12N2O4S/c1-2-10-8-9-12(18)13(14(10)17(20)21)15(19)22-16-11-6-4-3-5-7-11/h2-9,16,18H,1H2. The summed E-state index contributed by atoms with van der Waals surface area (Å²) >= 11 is 0.660. The zero-order valence-electron chi connectivity index (χ0n) is 11.4. The Balaban J connectivity index is 2.33. The summed E-state index contributed by atoms with van der Waals surface area (Å²) < 4.78 is 2.78. The van der Waals surface area contributed by atoms with Crippen LogP contribution in [0, 0.1) is 10.1 Å². The van der Waals surface area contributed by atoms with Gasteiger partial charge in [-0.05, 0) is 24.3 Å². The number of hydrogen-bond donors (Lipinski definition) is 2. The minimum atomic E-state index is -0.701. The Hall–Kier alpha value is -2.80. The van der Waals surface area contributed by atoms with Crippen LogP contribution in [0.5, 0.6) is 5.75 Å². The second kappa shape index (κ2) is 6.77. The van der Waals surface area contributed by atoms with Crippen LogP contribution in [0.25, 0.3) is 6.08 Å². The van der Waals surface area contributed by atoms with E-state index >= 15 is 0 Å². The van der Waals surface area contributed by atoms with Crippen LogP contribution in [0.4, 0.5) is 11.4 Å². The number of carbonyl (C=O) groups excluding carboxylic acids is 1. The Morgan fingerprint density at radius 2 is 1.95 bits per heavy atom. The lowest BCUT2D eigenvalue weighted by molar-refractivity contribution is -0.385. The number of aromatic hydroxyl groups is 1. The molecule has 2 N–H and O–H groups in total. The van der Waals surface area contributed by atoms with E-state index in [2.05, 4.69) is 11.3 Å².